The fraction of sp³-hybridized carbons (Fsp3) is 0.381. The van der Waals surface area contributed by atoms with Crippen molar-refractivity contribution in [2.24, 2.45) is 5.92 Å². The summed E-state index contributed by atoms with van der Waals surface area (Å²) in [5, 5.41) is 2.84. The third-order valence-corrected chi connectivity index (χ3v) is 5.07. The van der Waals surface area contributed by atoms with Crippen LogP contribution in [0.3, 0.4) is 0 Å². The summed E-state index contributed by atoms with van der Waals surface area (Å²) < 4.78 is 6.09. The van der Waals surface area contributed by atoms with Crippen LogP contribution in [0.1, 0.15) is 29.6 Å². The van der Waals surface area contributed by atoms with Crippen LogP contribution < -0.4 is 15.8 Å². The van der Waals surface area contributed by atoms with Crippen LogP contribution in [-0.2, 0) is 0 Å². The Morgan fingerprint density at radius 1 is 1.12 bits per heavy atom. The lowest BCUT2D eigenvalue weighted by atomic mass is 10.2. The number of carbonyl (C=O) groups is 1. The molecule has 2 aromatic carbocycles. The second kappa shape index (κ2) is 7.38. The lowest BCUT2D eigenvalue weighted by Gasteiger charge is -2.16. The molecule has 1 atom stereocenters. The second-order valence-corrected chi connectivity index (χ2v) is 7.30. The standard InChI is InChI=1S/C21H25N3O2/c22-19-3-1-2-4-20(19)23-21(25)16-7-9-17(10-8-16)26-18-11-12-24(14-18)13-15-5-6-15/h1-4,7-10,15,18H,5-6,11-14,22H2,(H,23,25). The molecule has 26 heavy (non-hydrogen) atoms. The van der Waals surface area contributed by atoms with Crippen molar-refractivity contribution in [1.82, 2.24) is 4.90 Å². The largest absolute Gasteiger partial charge is 0.489 e. The molecular formula is C21H25N3O2. The van der Waals surface area contributed by atoms with Crippen LogP contribution in [0, 0.1) is 5.92 Å². The zero-order valence-electron chi connectivity index (χ0n) is 14.9. The molecular weight excluding hydrogens is 326 g/mol. The van der Waals surface area contributed by atoms with Crippen molar-refractivity contribution in [3.63, 3.8) is 0 Å². The number of amides is 1. The van der Waals surface area contributed by atoms with Gasteiger partial charge in [0.25, 0.3) is 5.91 Å². The number of nitrogens with two attached hydrogens (primary N) is 1. The van der Waals surface area contributed by atoms with Crippen LogP contribution in [0.5, 0.6) is 5.75 Å². The zero-order valence-corrected chi connectivity index (χ0v) is 14.9. The van der Waals surface area contributed by atoms with Crippen molar-refractivity contribution >= 4 is 17.3 Å². The van der Waals surface area contributed by atoms with Gasteiger partial charge in [-0.2, -0.15) is 0 Å². The first-order chi connectivity index (χ1) is 12.7. The van der Waals surface area contributed by atoms with Crippen LogP contribution in [0.4, 0.5) is 11.4 Å². The highest BCUT2D eigenvalue weighted by atomic mass is 16.5. The SMILES string of the molecule is Nc1ccccc1NC(=O)c1ccc(OC2CCN(CC3CC3)C2)cc1. The number of ether oxygens (including phenoxy) is 1. The normalized spacial score (nSPS) is 20.1. The molecule has 3 N–H and O–H groups in total. The summed E-state index contributed by atoms with van der Waals surface area (Å²) in [6.45, 7) is 3.35. The first-order valence-corrected chi connectivity index (χ1v) is 9.32. The lowest BCUT2D eigenvalue weighted by molar-refractivity contribution is 0.102. The van der Waals surface area contributed by atoms with Gasteiger partial charge in [-0.25, -0.2) is 0 Å². The maximum atomic E-state index is 12.4. The molecule has 136 valence electrons. The summed E-state index contributed by atoms with van der Waals surface area (Å²) in [7, 11) is 0. The van der Waals surface area contributed by atoms with Crippen molar-refractivity contribution in [1.29, 1.82) is 0 Å². The summed E-state index contributed by atoms with van der Waals surface area (Å²) >= 11 is 0. The molecule has 1 amide bonds. The van der Waals surface area contributed by atoms with E-state index >= 15 is 0 Å². The third-order valence-electron chi connectivity index (χ3n) is 5.07. The number of para-hydroxylation sites is 2. The van der Waals surface area contributed by atoms with Gasteiger partial charge >= 0.3 is 0 Å². The van der Waals surface area contributed by atoms with Crippen molar-refractivity contribution < 1.29 is 9.53 Å². The van der Waals surface area contributed by atoms with Gasteiger partial charge in [-0.15, -0.1) is 0 Å². The van der Waals surface area contributed by atoms with E-state index in [-0.39, 0.29) is 12.0 Å². The lowest BCUT2D eigenvalue weighted by Crippen LogP contribution is -2.26. The molecule has 0 aromatic heterocycles. The summed E-state index contributed by atoms with van der Waals surface area (Å²) in [5.74, 6) is 1.56. The number of nitrogens with one attached hydrogen (secondary N) is 1. The number of benzene rings is 2. The van der Waals surface area contributed by atoms with E-state index in [1.54, 1.807) is 24.3 Å². The van der Waals surface area contributed by atoms with Crippen molar-refractivity contribution in [2.75, 3.05) is 30.7 Å². The van der Waals surface area contributed by atoms with Gasteiger partial charge in [0.15, 0.2) is 0 Å². The molecule has 1 saturated heterocycles. The zero-order chi connectivity index (χ0) is 17.9. The number of carbonyl (C=O) groups excluding carboxylic acids is 1. The van der Waals surface area contributed by atoms with Crippen LogP contribution >= 0.6 is 0 Å². The van der Waals surface area contributed by atoms with Crippen molar-refractivity contribution in [3.05, 3.63) is 54.1 Å². The number of nitrogens with zero attached hydrogens (tertiary/aromatic N) is 1. The van der Waals surface area contributed by atoms with Crippen molar-refractivity contribution in [3.8, 4) is 5.75 Å². The van der Waals surface area contributed by atoms with E-state index in [0.29, 0.717) is 16.9 Å². The minimum atomic E-state index is -0.175. The number of anilines is 2. The molecule has 0 bridgehead atoms. The third kappa shape index (κ3) is 4.17. The van der Waals surface area contributed by atoms with Crippen LogP contribution in [0.25, 0.3) is 0 Å². The van der Waals surface area contributed by atoms with Gasteiger partial charge in [0, 0.05) is 25.2 Å². The number of nitrogen functional groups attached to an aromatic ring is 1. The summed E-state index contributed by atoms with van der Waals surface area (Å²) in [5.41, 5.74) is 7.63. The van der Waals surface area contributed by atoms with Crippen molar-refractivity contribution in [2.45, 2.75) is 25.4 Å². The smallest absolute Gasteiger partial charge is 0.255 e. The number of hydrogen-bond donors (Lipinski definition) is 2. The Hall–Kier alpha value is -2.53. The van der Waals surface area contributed by atoms with E-state index in [1.807, 2.05) is 24.3 Å². The molecule has 4 rings (SSSR count). The minimum absolute atomic E-state index is 0.175. The molecule has 1 aliphatic carbocycles. The molecule has 0 radical (unpaired) electrons. The Kier molecular flexibility index (Phi) is 4.80. The molecule has 1 heterocycles. The quantitative estimate of drug-likeness (QED) is 0.783. The summed E-state index contributed by atoms with van der Waals surface area (Å²) in [6.07, 6.45) is 4.10. The molecule has 1 saturated carbocycles. The number of hydrogen-bond acceptors (Lipinski definition) is 4. The van der Waals surface area contributed by atoms with Gasteiger partial charge in [-0.05, 0) is 61.6 Å². The second-order valence-electron chi connectivity index (χ2n) is 7.30. The van der Waals surface area contributed by atoms with E-state index in [1.165, 1.54) is 19.4 Å². The molecule has 2 fully saturated rings. The summed E-state index contributed by atoms with van der Waals surface area (Å²) in [6, 6.07) is 14.6. The van der Waals surface area contributed by atoms with E-state index in [0.717, 1.165) is 31.2 Å². The monoisotopic (exact) mass is 351 g/mol. The number of likely N-dealkylation sites (tertiary alicyclic amines) is 1. The molecule has 5 nitrogen and oxygen atoms in total. The van der Waals surface area contributed by atoms with Gasteiger partial charge < -0.3 is 15.8 Å². The maximum absolute atomic E-state index is 12.4. The van der Waals surface area contributed by atoms with Gasteiger partial charge in [-0.3, -0.25) is 9.69 Å². The van der Waals surface area contributed by atoms with E-state index in [9.17, 15) is 4.79 Å². The van der Waals surface area contributed by atoms with E-state index in [2.05, 4.69) is 10.2 Å². The summed E-state index contributed by atoms with van der Waals surface area (Å²) in [4.78, 5) is 14.9. The maximum Gasteiger partial charge on any atom is 0.255 e. The predicted octanol–water partition coefficient (Wildman–Crippen LogP) is 3.38. The molecule has 5 heteroatoms. The number of rotatable bonds is 6. The van der Waals surface area contributed by atoms with Gasteiger partial charge in [0.2, 0.25) is 0 Å². The highest BCUT2D eigenvalue weighted by Crippen LogP contribution is 2.31. The molecule has 2 aliphatic rings. The Bertz CT molecular complexity index is 771. The highest BCUT2D eigenvalue weighted by Gasteiger charge is 2.29. The van der Waals surface area contributed by atoms with Crippen LogP contribution in [0.15, 0.2) is 48.5 Å². The fourth-order valence-electron chi connectivity index (χ4n) is 3.41. The van der Waals surface area contributed by atoms with E-state index in [4.69, 9.17) is 10.5 Å². The van der Waals surface area contributed by atoms with Crippen LogP contribution in [-0.4, -0.2) is 36.5 Å². The Balaban J connectivity index is 1.31. The average Bonchev–Trinajstić information content (AvgIpc) is 3.35. The van der Waals surface area contributed by atoms with E-state index < -0.39 is 0 Å². The topological polar surface area (TPSA) is 67.6 Å². The van der Waals surface area contributed by atoms with Gasteiger partial charge in [-0.1, -0.05) is 12.1 Å². The molecule has 1 aliphatic heterocycles. The van der Waals surface area contributed by atoms with Gasteiger partial charge in [0.1, 0.15) is 11.9 Å². The molecule has 2 aromatic rings. The first kappa shape index (κ1) is 16.9. The molecule has 1 unspecified atom stereocenters. The Labute approximate surface area is 154 Å². The fourth-order valence-corrected chi connectivity index (χ4v) is 3.41. The van der Waals surface area contributed by atoms with Gasteiger partial charge in [0.05, 0.1) is 11.4 Å². The highest BCUT2D eigenvalue weighted by molar-refractivity contribution is 6.05. The average molecular weight is 351 g/mol. The molecule has 0 spiro atoms. The Morgan fingerprint density at radius 2 is 1.88 bits per heavy atom. The first-order valence-electron chi connectivity index (χ1n) is 9.32. The Morgan fingerprint density at radius 3 is 2.62 bits per heavy atom. The van der Waals surface area contributed by atoms with Crippen LogP contribution in [0.2, 0.25) is 0 Å². The predicted molar refractivity (Wildman–Crippen MR) is 103 cm³/mol. The minimum Gasteiger partial charge on any atom is -0.489 e.